The number of benzene rings is 2. The zero-order valence-corrected chi connectivity index (χ0v) is 25.5. The average Bonchev–Trinajstić information content (AvgIpc) is 3.01. The quantitative estimate of drug-likeness (QED) is 0.222. The summed E-state index contributed by atoms with van der Waals surface area (Å²) >= 11 is -9.50. The molecule has 194 valence electrons. The van der Waals surface area contributed by atoms with Crippen LogP contribution in [0, 0.1) is 48.2 Å². The summed E-state index contributed by atoms with van der Waals surface area (Å²) in [6.07, 6.45) is 4.17. The Morgan fingerprint density at radius 1 is 0.636 bits per heavy atom. The molecule has 12 heteroatoms. The van der Waals surface area contributed by atoms with E-state index in [0.29, 0.717) is 0 Å². The summed E-state index contributed by atoms with van der Waals surface area (Å²) in [4.78, 5) is 4.20. The van der Waals surface area contributed by atoms with Crippen molar-refractivity contribution < 1.29 is 59.2 Å². The molecular weight excluding hydrogens is 856 g/mol. The Kier molecular flexibility index (Phi) is 11.3. The first kappa shape index (κ1) is 32.9. The van der Waals surface area contributed by atoms with Crippen molar-refractivity contribution in [2.24, 2.45) is 0 Å². The fraction of sp³-hybridized carbons (Fsp3) is 0.286. The molecule has 0 fully saturated rings. The van der Waals surface area contributed by atoms with Gasteiger partial charge in [-0.2, -0.15) is 0 Å². The average molecular weight is 880 g/mol. The summed E-state index contributed by atoms with van der Waals surface area (Å²) in [5.74, 6) is 0. The third kappa shape index (κ3) is 12.0. The fourth-order valence-electron chi connectivity index (χ4n) is 3.67. The van der Waals surface area contributed by atoms with E-state index in [4.69, 9.17) is 0 Å². The molecular formula is C21H24AgAuClF6N2Sb. The second-order valence-electron chi connectivity index (χ2n) is 7.59. The van der Waals surface area contributed by atoms with Crippen LogP contribution in [0.5, 0.6) is 0 Å². The van der Waals surface area contributed by atoms with E-state index >= 15 is 0 Å². The van der Waals surface area contributed by atoms with Gasteiger partial charge in [0, 0.05) is 23.8 Å². The number of hydrogen-bond acceptors (Lipinski definition) is 2. The van der Waals surface area contributed by atoms with Crippen LogP contribution >= 0.6 is 9.19 Å². The predicted octanol–water partition coefficient (Wildman–Crippen LogP) is 8.16. The first-order valence-electron chi connectivity index (χ1n) is 9.18. The van der Waals surface area contributed by atoms with Crippen molar-refractivity contribution in [3.05, 3.63) is 76.7 Å². The fourth-order valence-corrected chi connectivity index (χ4v) is 3.67. The molecule has 2 nitrogen and oxygen atoms in total. The molecule has 2 radical (unpaired) electrons. The molecule has 33 heavy (non-hydrogen) atoms. The van der Waals surface area contributed by atoms with Crippen molar-refractivity contribution in [2.75, 3.05) is 9.80 Å². The van der Waals surface area contributed by atoms with E-state index in [1.165, 1.54) is 44.8 Å². The molecule has 2 aromatic carbocycles. The molecule has 0 atom stereocenters. The monoisotopic (exact) mass is 878 g/mol. The van der Waals surface area contributed by atoms with E-state index < -0.39 is 19.5 Å². The Balaban J connectivity index is 0.000000884. The Bertz CT molecular complexity index is 893. The number of halogens is 7. The summed E-state index contributed by atoms with van der Waals surface area (Å²) in [5.41, 5.74) is 10.1. The molecule has 0 aliphatic carbocycles. The van der Waals surface area contributed by atoms with Crippen molar-refractivity contribution in [1.82, 2.24) is 0 Å². The van der Waals surface area contributed by atoms with E-state index in [1.807, 2.05) is 0 Å². The number of nitrogens with zero attached hydrogens (tertiary/aromatic N) is 2. The molecule has 0 aromatic heterocycles. The molecule has 0 saturated heterocycles. The van der Waals surface area contributed by atoms with Crippen LogP contribution in [0.15, 0.2) is 36.7 Å². The van der Waals surface area contributed by atoms with Crippen molar-refractivity contribution in [3.63, 3.8) is 0 Å². The maximum absolute atomic E-state index is 11.2. The van der Waals surface area contributed by atoms with Crippen LogP contribution < -0.4 is 9.80 Å². The van der Waals surface area contributed by atoms with Gasteiger partial charge in [-0.25, -0.2) is 0 Å². The summed E-state index contributed by atoms with van der Waals surface area (Å²) in [6.45, 7) is 16.4. The van der Waals surface area contributed by atoms with Gasteiger partial charge in [0.15, 0.2) is 0 Å². The van der Waals surface area contributed by atoms with Crippen molar-refractivity contribution >= 4 is 40.0 Å². The van der Waals surface area contributed by atoms with Crippen LogP contribution in [0.3, 0.4) is 0 Å². The minimum atomic E-state index is -11.2. The summed E-state index contributed by atoms with van der Waals surface area (Å²) < 4.78 is 59.6. The summed E-state index contributed by atoms with van der Waals surface area (Å²) in [5, 5.41) is 0. The number of hydrogen-bond donors (Lipinski definition) is 0. The van der Waals surface area contributed by atoms with Gasteiger partial charge in [0.05, 0.1) is 0 Å². The predicted molar refractivity (Wildman–Crippen MR) is 117 cm³/mol. The number of aryl methyl sites for hydroxylation is 6. The molecule has 1 aliphatic heterocycles. The van der Waals surface area contributed by atoms with Gasteiger partial charge < -0.3 is 9.80 Å². The van der Waals surface area contributed by atoms with E-state index in [9.17, 15) is 16.9 Å². The van der Waals surface area contributed by atoms with Crippen molar-refractivity contribution in [1.29, 1.82) is 0 Å². The molecule has 1 heterocycles. The second kappa shape index (κ2) is 11.3. The van der Waals surface area contributed by atoms with E-state index in [1.54, 1.807) is 20.0 Å². The van der Waals surface area contributed by atoms with Crippen LogP contribution in [0.4, 0.5) is 28.3 Å². The molecule has 1 aliphatic rings. The van der Waals surface area contributed by atoms with Crippen LogP contribution in [0.2, 0.25) is 0 Å². The van der Waals surface area contributed by atoms with E-state index in [2.05, 4.69) is 104 Å². The van der Waals surface area contributed by atoms with Crippen LogP contribution in [-0.4, -0.2) is 19.5 Å². The molecule has 0 amide bonds. The zero-order chi connectivity index (χ0) is 25.1. The topological polar surface area (TPSA) is 6.48 Å². The van der Waals surface area contributed by atoms with Gasteiger partial charge in [-0.15, -0.1) is 0 Å². The van der Waals surface area contributed by atoms with Crippen molar-refractivity contribution in [3.8, 4) is 0 Å². The molecule has 0 bridgehead atoms. The van der Waals surface area contributed by atoms with Gasteiger partial charge in [-0.05, 0) is 63.8 Å². The van der Waals surface area contributed by atoms with E-state index in [0.717, 1.165) is 0 Å². The van der Waals surface area contributed by atoms with Crippen molar-refractivity contribution in [2.45, 2.75) is 41.5 Å². The van der Waals surface area contributed by atoms with Gasteiger partial charge >= 0.3 is 87.9 Å². The SMILES string of the molecule is Cc1cc(C)c(N2[C]N(c3c(C)cc(C)cc3C)C=C2)c(C)c1.[Ag+].[Cl][Au].[F][Sb-]([F])([F])([F])([F])[F]. The summed E-state index contributed by atoms with van der Waals surface area (Å²) in [6, 6.07) is 8.90. The molecule has 0 N–H and O–H groups in total. The van der Waals surface area contributed by atoms with Crippen LogP contribution in [-0.2, 0) is 42.4 Å². The zero-order valence-electron chi connectivity index (χ0n) is 18.6. The number of anilines is 2. The molecule has 2 aromatic rings. The Hall–Kier alpha value is -0.0513. The third-order valence-corrected chi connectivity index (χ3v) is 4.33. The Morgan fingerprint density at radius 3 is 1.06 bits per heavy atom. The van der Waals surface area contributed by atoms with Gasteiger partial charge in [0.1, 0.15) is 0 Å². The molecule has 0 saturated carbocycles. The number of rotatable bonds is 2. The Morgan fingerprint density at radius 2 is 0.848 bits per heavy atom. The van der Waals surface area contributed by atoms with Crippen LogP contribution in [0.1, 0.15) is 33.4 Å². The second-order valence-corrected chi connectivity index (χ2v) is 13.1. The van der Waals surface area contributed by atoms with Gasteiger partial charge in [0.25, 0.3) is 0 Å². The molecule has 0 unspecified atom stereocenters. The minimum absolute atomic E-state index is 0. The molecule has 3 rings (SSSR count). The Labute approximate surface area is 225 Å². The standard InChI is InChI=1S/C21H24N2.Ag.Au.ClH.6FH.Sb/c1-14-9-16(3)20(17(4)10-14)22-7-8-23(13-22)21-18(5)11-15(2)12-19(21)6;;;;;;;;;;/h7-12H,1-6H3;;;7*1H;/q;2*+1;;;;;;;;+5/p-7. The normalized spacial score (nSPS) is 14.9. The molecule has 0 spiro atoms. The van der Waals surface area contributed by atoms with Gasteiger partial charge in [0.2, 0.25) is 6.67 Å². The van der Waals surface area contributed by atoms with Crippen LogP contribution in [0.25, 0.3) is 0 Å². The van der Waals surface area contributed by atoms with Gasteiger partial charge in [-0.1, -0.05) is 35.4 Å². The first-order valence-corrected chi connectivity index (χ1v) is 17.7. The maximum atomic E-state index is 9.93. The summed E-state index contributed by atoms with van der Waals surface area (Å²) in [7, 11) is 4.58. The first-order chi connectivity index (χ1) is 14.3. The third-order valence-electron chi connectivity index (χ3n) is 4.33. The van der Waals surface area contributed by atoms with E-state index in [-0.39, 0.29) is 22.4 Å². The van der Waals surface area contributed by atoms with Gasteiger partial charge in [-0.3, -0.25) is 0 Å².